The molecule has 4 aromatic rings. The molecule has 2 aromatic heterocycles. The van der Waals surface area contributed by atoms with Gasteiger partial charge < -0.3 is 19.3 Å². The Kier molecular flexibility index (Phi) is 5.69. The summed E-state index contributed by atoms with van der Waals surface area (Å²) in [6.07, 6.45) is 4.32. The predicted octanol–water partition coefficient (Wildman–Crippen LogP) is 7.02. The molecule has 3 aliphatic rings. The summed E-state index contributed by atoms with van der Waals surface area (Å²) in [5.41, 5.74) is 3.46. The molecule has 0 amide bonds. The molecular formula is C27H23Cl2N3O4S. The van der Waals surface area contributed by atoms with Crippen molar-refractivity contribution in [3.63, 3.8) is 0 Å². The summed E-state index contributed by atoms with van der Waals surface area (Å²) in [6, 6.07) is 10.9. The Balaban J connectivity index is 1.08. The summed E-state index contributed by atoms with van der Waals surface area (Å²) in [7, 11) is 0. The molecule has 37 heavy (non-hydrogen) atoms. The lowest BCUT2D eigenvalue weighted by molar-refractivity contribution is 0.0122. The van der Waals surface area contributed by atoms with E-state index in [9.17, 15) is 9.90 Å². The number of halogens is 2. The first kappa shape index (κ1) is 23.5. The monoisotopic (exact) mass is 555 g/mol. The number of aromatic nitrogens is 2. The number of anilines is 1. The summed E-state index contributed by atoms with van der Waals surface area (Å²) in [5.74, 6) is 0.765. The van der Waals surface area contributed by atoms with E-state index in [4.69, 9.17) is 37.4 Å². The molecule has 1 N–H and O–H groups in total. The van der Waals surface area contributed by atoms with Crippen molar-refractivity contribution < 1.29 is 19.2 Å². The van der Waals surface area contributed by atoms with E-state index in [0.717, 1.165) is 58.9 Å². The first-order valence-electron chi connectivity index (χ1n) is 12.4. The van der Waals surface area contributed by atoms with Crippen LogP contribution in [0.5, 0.6) is 0 Å². The van der Waals surface area contributed by atoms with Crippen molar-refractivity contribution in [3.8, 4) is 11.3 Å². The average molecular weight is 556 g/mol. The van der Waals surface area contributed by atoms with Crippen LogP contribution in [0.15, 0.2) is 40.9 Å². The lowest BCUT2D eigenvalue weighted by Crippen LogP contribution is -2.38. The number of benzene rings is 2. The van der Waals surface area contributed by atoms with E-state index in [1.54, 1.807) is 29.5 Å². The number of nitrogens with zero attached hydrogens (tertiary/aromatic N) is 3. The van der Waals surface area contributed by atoms with Crippen molar-refractivity contribution in [1.82, 2.24) is 10.1 Å². The zero-order valence-electron chi connectivity index (χ0n) is 19.7. The summed E-state index contributed by atoms with van der Waals surface area (Å²) in [4.78, 5) is 18.5. The second-order valence-corrected chi connectivity index (χ2v) is 11.9. The van der Waals surface area contributed by atoms with Crippen molar-refractivity contribution in [2.45, 2.75) is 50.4 Å². The largest absolute Gasteiger partial charge is 0.478 e. The summed E-state index contributed by atoms with van der Waals surface area (Å²) < 4.78 is 13.2. The average Bonchev–Trinajstić information content (AvgIpc) is 3.21. The quantitative estimate of drug-likeness (QED) is 0.262. The fraction of sp³-hybridized carbons (Fsp3) is 0.370. The van der Waals surface area contributed by atoms with Gasteiger partial charge in [-0.25, -0.2) is 9.78 Å². The minimum absolute atomic E-state index is 0.144. The van der Waals surface area contributed by atoms with E-state index in [-0.39, 0.29) is 11.7 Å². The maximum atomic E-state index is 11.3. The van der Waals surface area contributed by atoms with Gasteiger partial charge in [0.15, 0.2) is 5.13 Å². The van der Waals surface area contributed by atoms with Crippen LogP contribution in [0.4, 0.5) is 5.13 Å². The standard InChI is InChI=1S/C27H23Cl2N3O4S/c28-18-2-1-3-19(29)23(18)24-17(25(36-31-24)13-4-5-13)12-35-21-10-16-8-15(21)11-32(16)27-30-20-7-6-14(26(33)34)9-22(20)37-27/h1-3,6-7,9,13,15-16,21H,4-5,8,10-12H2,(H,33,34)/t15-,16-,21+/m1/s1. The minimum atomic E-state index is -0.922. The number of piperidine rings is 1. The molecular weight excluding hydrogens is 533 g/mol. The molecule has 2 aromatic carbocycles. The van der Waals surface area contributed by atoms with Crippen LogP contribution in [0.2, 0.25) is 10.0 Å². The molecule has 0 radical (unpaired) electrons. The highest BCUT2D eigenvalue weighted by Gasteiger charge is 2.46. The third-order valence-electron chi connectivity index (χ3n) is 7.75. The molecule has 0 unspecified atom stereocenters. The van der Waals surface area contributed by atoms with Crippen molar-refractivity contribution >= 4 is 55.9 Å². The van der Waals surface area contributed by atoms with E-state index in [2.05, 4.69) is 10.1 Å². The van der Waals surface area contributed by atoms with Crippen LogP contribution in [0.3, 0.4) is 0 Å². The number of aromatic carboxylic acids is 1. The lowest BCUT2D eigenvalue weighted by Gasteiger charge is -2.31. The van der Waals surface area contributed by atoms with E-state index < -0.39 is 5.97 Å². The van der Waals surface area contributed by atoms with E-state index in [0.29, 0.717) is 45.8 Å². The molecule has 2 saturated carbocycles. The van der Waals surface area contributed by atoms with Gasteiger partial charge in [0, 0.05) is 35.5 Å². The Morgan fingerprint density at radius 3 is 2.70 bits per heavy atom. The van der Waals surface area contributed by atoms with Crippen LogP contribution in [-0.2, 0) is 11.3 Å². The molecule has 1 aliphatic heterocycles. The van der Waals surface area contributed by atoms with Crippen molar-refractivity contribution in [2.75, 3.05) is 11.4 Å². The van der Waals surface area contributed by atoms with Gasteiger partial charge in [-0.3, -0.25) is 0 Å². The van der Waals surface area contributed by atoms with Gasteiger partial charge >= 0.3 is 5.97 Å². The molecule has 2 bridgehead atoms. The van der Waals surface area contributed by atoms with Crippen LogP contribution in [0, 0.1) is 5.92 Å². The summed E-state index contributed by atoms with van der Waals surface area (Å²) >= 11 is 14.6. The van der Waals surface area contributed by atoms with Crippen LogP contribution < -0.4 is 4.90 Å². The number of hydrogen-bond donors (Lipinski definition) is 1. The summed E-state index contributed by atoms with van der Waals surface area (Å²) in [5, 5.41) is 15.7. The second kappa shape index (κ2) is 8.98. The highest BCUT2D eigenvalue weighted by atomic mass is 35.5. The highest BCUT2D eigenvalue weighted by molar-refractivity contribution is 7.22. The lowest BCUT2D eigenvalue weighted by atomic mass is 10.0. The molecule has 2 aliphatic carbocycles. The third-order valence-corrected chi connectivity index (χ3v) is 9.44. The van der Waals surface area contributed by atoms with Crippen LogP contribution in [0.1, 0.15) is 53.3 Å². The molecule has 3 atom stereocenters. The summed E-state index contributed by atoms with van der Waals surface area (Å²) in [6.45, 7) is 1.29. The van der Waals surface area contributed by atoms with Crippen molar-refractivity contribution in [1.29, 1.82) is 0 Å². The Labute approximate surface area is 226 Å². The Morgan fingerprint density at radius 2 is 2.00 bits per heavy atom. The van der Waals surface area contributed by atoms with Gasteiger partial charge in [0.2, 0.25) is 0 Å². The fourth-order valence-electron chi connectivity index (χ4n) is 5.75. The molecule has 1 saturated heterocycles. The molecule has 10 heteroatoms. The Hall–Kier alpha value is -2.65. The van der Waals surface area contributed by atoms with Crippen LogP contribution in [-0.4, -0.2) is 39.9 Å². The Bertz CT molecular complexity index is 1510. The number of carboxylic acids is 1. The van der Waals surface area contributed by atoms with E-state index in [1.165, 1.54) is 0 Å². The molecule has 7 rings (SSSR count). The minimum Gasteiger partial charge on any atom is -0.478 e. The zero-order valence-corrected chi connectivity index (χ0v) is 22.0. The van der Waals surface area contributed by atoms with Gasteiger partial charge in [0.05, 0.1) is 38.5 Å². The van der Waals surface area contributed by atoms with Crippen LogP contribution in [0.25, 0.3) is 21.5 Å². The number of thiazole rings is 1. The highest BCUT2D eigenvalue weighted by Crippen LogP contribution is 2.48. The van der Waals surface area contributed by atoms with Gasteiger partial charge in [0.25, 0.3) is 0 Å². The molecule has 7 nitrogen and oxygen atoms in total. The topological polar surface area (TPSA) is 88.7 Å². The van der Waals surface area contributed by atoms with Crippen molar-refractivity contribution in [2.24, 2.45) is 5.92 Å². The number of carbonyl (C=O) groups is 1. The van der Waals surface area contributed by atoms with Gasteiger partial charge in [-0.05, 0) is 56.0 Å². The van der Waals surface area contributed by atoms with Gasteiger partial charge in [-0.1, -0.05) is 45.8 Å². The number of carboxylic acid groups (broad SMARTS) is 1. The first-order valence-corrected chi connectivity index (χ1v) is 14.0. The maximum absolute atomic E-state index is 11.3. The second-order valence-electron chi connectivity index (χ2n) is 10.1. The SMILES string of the molecule is O=C(O)c1ccc2nc(N3C[C@H]4C[C@@H]3C[C@@H]4OCc3c(-c4c(Cl)cccc4Cl)noc3C3CC3)sc2c1. The van der Waals surface area contributed by atoms with E-state index >= 15 is 0 Å². The molecule has 190 valence electrons. The normalized spacial score (nSPS) is 22.9. The zero-order chi connectivity index (χ0) is 25.3. The van der Waals surface area contributed by atoms with Gasteiger partial charge in [0.1, 0.15) is 11.5 Å². The number of ether oxygens (including phenoxy) is 1. The molecule has 3 heterocycles. The molecule has 3 fully saturated rings. The fourth-order valence-corrected chi connectivity index (χ4v) is 7.41. The van der Waals surface area contributed by atoms with Crippen LogP contribution >= 0.6 is 34.5 Å². The maximum Gasteiger partial charge on any atom is 0.335 e. The first-order chi connectivity index (χ1) is 18.0. The van der Waals surface area contributed by atoms with Gasteiger partial charge in [-0.15, -0.1) is 0 Å². The number of fused-ring (bicyclic) bond motifs is 3. The van der Waals surface area contributed by atoms with E-state index in [1.807, 2.05) is 18.2 Å². The number of hydrogen-bond acceptors (Lipinski definition) is 7. The smallest absolute Gasteiger partial charge is 0.335 e. The van der Waals surface area contributed by atoms with Gasteiger partial charge in [-0.2, -0.15) is 0 Å². The number of rotatable bonds is 7. The molecule has 0 spiro atoms. The predicted molar refractivity (Wildman–Crippen MR) is 143 cm³/mol. The van der Waals surface area contributed by atoms with Crippen molar-refractivity contribution in [3.05, 3.63) is 63.3 Å². The Morgan fingerprint density at radius 1 is 1.19 bits per heavy atom. The third kappa shape index (κ3) is 4.11.